The van der Waals surface area contributed by atoms with E-state index < -0.39 is 12.1 Å². The second-order valence-corrected chi connectivity index (χ2v) is 5.23. The Hall–Kier alpha value is -1.89. The van der Waals surface area contributed by atoms with Crippen LogP contribution in [-0.2, 0) is 4.79 Å². The molecule has 0 bridgehead atoms. The van der Waals surface area contributed by atoms with Crippen LogP contribution >= 0.6 is 11.8 Å². The van der Waals surface area contributed by atoms with Gasteiger partial charge >= 0.3 is 12.0 Å². The van der Waals surface area contributed by atoms with Crippen molar-refractivity contribution < 1.29 is 19.4 Å². The van der Waals surface area contributed by atoms with Gasteiger partial charge in [-0.05, 0) is 18.4 Å². The minimum Gasteiger partial charge on any atom is -0.478 e. The SMILES string of the molecule is CSCCNC(=O)N1CC(C(=O)O)Oc2ccccc21. The molecular formula is C13H16N2O4S. The zero-order valence-electron chi connectivity index (χ0n) is 11.0. The second kappa shape index (κ2) is 6.51. The van der Waals surface area contributed by atoms with Crippen molar-refractivity contribution in [2.75, 3.05) is 30.0 Å². The topological polar surface area (TPSA) is 78.9 Å². The standard InChI is InChI=1S/C13H16N2O4S/c1-20-7-6-14-13(18)15-8-11(12(16)17)19-10-5-3-2-4-9(10)15/h2-5,11H,6-8H2,1H3,(H,14,18)(H,16,17). The highest BCUT2D eigenvalue weighted by Crippen LogP contribution is 2.33. The Morgan fingerprint density at radius 3 is 2.95 bits per heavy atom. The van der Waals surface area contributed by atoms with E-state index >= 15 is 0 Å². The fourth-order valence-corrected chi connectivity index (χ4v) is 2.22. The first kappa shape index (κ1) is 14.5. The van der Waals surface area contributed by atoms with Crippen LogP contribution in [0.5, 0.6) is 5.75 Å². The van der Waals surface area contributed by atoms with Gasteiger partial charge in [-0.3, -0.25) is 4.90 Å². The molecule has 20 heavy (non-hydrogen) atoms. The van der Waals surface area contributed by atoms with Crippen LogP contribution in [0.3, 0.4) is 0 Å². The Morgan fingerprint density at radius 2 is 2.25 bits per heavy atom. The van der Waals surface area contributed by atoms with Crippen LogP contribution in [0.15, 0.2) is 24.3 Å². The van der Waals surface area contributed by atoms with E-state index in [0.717, 1.165) is 5.75 Å². The van der Waals surface area contributed by atoms with Gasteiger partial charge in [-0.2, -0.15) is 11.8 Å². The van der Waals surface area contributed by atoms with Crippen LogP contribution in [-0.4, -0.2) is 48.3 Å². The molecule has 2 rings (SSSR count). The predicted octanol–water partition coefficient (Wildman–Crippen LogP) is 1.41. The molecule has 1 heterocycles. The summed E-state index contributed by atoms with van der Waals surface area (Å²) in [6.07, 6.45) is 0.910. The summed E-state index contributed by atoms with van der Waals surface area (Å²) in [4.78, 5) is 24.7. The van der Waals surface area contributed by atoms with Crippen molar-refractivity contribution in [1.82, 2.24) is 5.32 Å². The number of urea groups is 1. The predicted molar refractivity (Wildman–Crippen MR) is 77.6 cm³/mol. The molecule has 0 aliphatic carbocycles. The average molecular weight is 296 g/mol. The third-order valence-corrected chi connectivity index (χ3v) is 3.49. The van der Waals surface area contributed by atoms with Gasteiger partial charge in [0.2, 0.25) is 6.10 Å². The molecule has 1 aliphatic rings. The Balaban J connectivity index is 2.18. The number of hydrogen-bond acceptors (Lipinski definition) is 4. The molecule has 0 fully saturated rings. The third-order valence-electron chi connectivity index (χ3n) is 2.88. The quantitative estimate of drug-likeness (QED) is 0.821. The minimum absolute atomic E-state index is 0.00253. The number of aliphatic carboxylic acids is 1. The van der Waals surface area contributed by atoms with Crippen molar-refractivity contribution in [2.45, 2.75) is 6.10 Å². The number of nitrogens with zero attached hydrogens (tertiary/aromatic N) is 1. The van der Waals surface area contributed by atoms with Gasteiger partial charge in [0.25, 0.3) is 0 Å². The maximum Gasteiger partial charge on any atom is 0.346 e. The number of carboxylic acids is 1. The lowest BCUT2D eigenvalue weighted by molar-refractivity contribution is -0.144. The third kappa shape index (κ3) is 3.16. The highest BCUT2D eigenvalue weighted by Gasteiger charge is 2.33. The number of carbonyl (C=O) groups is 2. The summed E-state index contributed by atoms with van der Waals surface area (Å²) in [7, 11) is 0. The first-order valence-electron chi connectivity index (χ1n) is 6.16. The number of benzene rings is 1. The van der Waals surface area contributed by atoms with Gasteiger partial charge in [-0.1, -0.05) is 12.1 Å². The Morgan fingerprint density at radius 1 is 1.50 bits per heavy atom. The van der Waals surface area contributed by atoms with Gasteiger partial charge in [0.05, 0.1) is 12.2 Å². The summed E-state index contributed by atoms with van der Waals surface area (Å²) in [6.45, 7) is 0.536. The first-order valence-corrected chi connectivity index (χ1v) is 7.55. The van der Waals surface area contributed by atoms with Crippen LogP contribution in [0.2, 0.25) is 0 Å². The molecule has 108 valence electrons. The summed E-state index contributed by atoms with van der Waals surface area (Å²) in [6, 6.07) is 6.62. The van der Waals surface area contributed by atoms with Crippen molar-refractivity contribution in [1.29, 1.82) is 0 Å². The van der Waals surface area contributed by atoms with E-state index in [1.165, 1.54) is 4.90 Å². The van der Waals surface area contributed by atoms with E-state index in [4.69, 9.17) is 9.84 Å². The molecule has 1 aliphatic heterocycles. The van der Waals surface area contributed by atoms with Gasteiger partial charge in [0.1, 0.15) is 5.75 Å². The van der Waals surface area contributed by atoms with E-state index in [-0.39, 0.29) is 12.6 Å². The van der Waals surface area contributed by atoms with Crippen molar-refractivity contribution in [2.24, 2.45) is 0 Å². The van der Waals surface area contributed by atoms with E-state index in [1.807, 2.05) is 6.26 Å². The number of rotatable bonds is 4. The lowest BCUT2D eigenvalue weighted by atomic mass is 10.2. The second-order valence-electron chi connectivity index (χ2n) is 4.25. The lowest BCUT2D eigenvalue weighted by Crippen LogP contribution is -2.50. The van der Waals surface area contributed by atoms with Gasteiger partial charge in [0, 0.05) is 12.3 Å². The molecule has 1 unspecified atom stereocenters. The maximum absolute atomic E-state index is 12.2. The van der Waals surface area contributed by atoms with Crippen molar-refractivity contribution in [3.05, 3.63) is 24.3 Å². The van der Waals surface area contributed by atoms with Crippen molar-refractivity contribution in [3.8, 4) is 5.75 Å². The zero-order chi connectivity index (χ0) is 14.5. The van der Waals surface area contributed by atoms with Crippen molar-refractivity contribution in [3.63, 3.8) is 0 Å². The Bertz CT molecular complexity index is 509. The molecule has 1 aromatic carbocycles. The number of thioether (sulfide) groups is 1. The zero-order valence-corrected chi connectivity index (χ0v) is 11.9. The largest absolute Gasteiger partial charge is 0.478 e. The van der Waals surface area contributed by atoms with E-state index in [0.29, 0.717) is 18.0 Å². The number of anilines is 1. The van der Waals surface area contributed by atoms with Crippen LogP contribution in [0.1, 0.15) is 0 Å². The van der Waals surface area contributed by atoms with Crippen molar-refractivity contribution >= 4 is 29.4 Å². The van der Waals surface area contributed by atoms with Gasteiger partial charge in [-0.15, -0.1) is 0 Å². The number of para-hydroxylation sites is 2. The monoisotopic (exact) mass is 296 g/mol. The van der Waals surface area contributed by atoms with E-state index in [2.05, 4.69) is 5.32 Å². The fourth-order valence-electron chi connectivity index (χ4n) is 1.91. The molecule has 0 spiro atoms. The fraction of sp³-hybridized carbons (Fsp3) is 0.385. The Labute approximate surface area is 121 Å². The van der Waals surface area contributed by atoms with Crippen LogP contribution in [0.4, 0.5) is 10.5 Å². The number of amides is 2. The van der Waals surface area contributed by atoms with Crippen LogP contribution in [0.25, 0.3) is 0 Å². The molecular weight excluding hydrogens is 280 g/mol. The molecule has 1 atom stereocenters. The summed E-state index contributed by atoms with van der Waals surface area (Å²) in [5, 5.41) is 11.9. The molecule has 7 heteroatoms. The van der Waals surface area contributed by atoms with Crippen LogP contribution < -0.4 is 15.0 Å². The molecule has 0 radical (unpaired) electrons. The molecule has 2 amide bonds. The number of carboxylic acid groups (broad SMARTS) is 1. The number of carbonyl (C=O) groups excluding carboxylic acids is 1. The van der Waals surface area contributed by atoms with E-state index in [1.54, 1.807) is 36.0 Å². The molecule has 6 nitrogen and oxygen atoms in total. The smallest absolute Gasteiger partial charge is 0.346 e. The normalized spacial score (nSPS) is 17.1. The summed E-state index contributed by atoms with van der Waals surface area (Å²) < 4.78 is 5.37. The van der Waals surface area contributed by atoms with E-state index in [9.17, 15) is 9.59 Å². The number of hydrogen-bond donors (Lipinski definition) is 2. The average Bonchev–Trinajstić information content (AvgIpc) is 2.46. The molecule has 2 N–H and O–H groups in total. The Kier molecular flexibility index (Phi) is 4.73. The molecule has 1 aromatic rings. The number of ether oxygens (including phenoxy) is 1. The number of nitrogens with one attached hydrogen (secondary N) is 1. The van der Waals surface area contributed by atoms with Gasteiger partial charge < -0.3 is 15.2 Å². The summed E-state index contributed by atoms with van der Waals surface area (Å²) in [5.74, 6) is 0.132. The molecule has 0 saturated heterocycles. The summed E-state index contributed by atoms with van der Waals surface area (Å²) >= 11 is 1.63. The van der Waals surface area contributed by atoms with Crippen LogP contribution in [0, 0.1) is 0 Å². The first-order chi connectivity index (χ1) is 9.63. The maximum atomic E-state index is 12.2. The highest BCUT2D eigenvalue weighted by molar-refractivity contribution is 7.98. The van der Waals surface area contributed by atoms with Gasteiger partial charge in [-0.25, -0.2) is 9.59 Å². The van der Waals surface area contributed by atoms with Gasteiger partial charge in [0.15, 0.2) is 0 Å². The minimum atomic E-state index is -1.08. The molecule has 0 aromatic heterocycles. The lowest BCUT2D eigenvalue weighted by Gasteiger charge is -2.32. The highest BCUT2D eigenvalue weighted by atomic mass is 32.2. The molecule has 0 saturated carbocycles. The number of fused-ring (bicyclic) bond motifs is 1. The summed E-state index contributed by atoms with van der Waals surface area (Å²) in [5.41, 5.74) is 0.589.